The van der Waals surface area contributed by atoms with Gasteiger partial charge in [-0.05, 0) is 36.2 Å². The topological polar surface area (TPSA) is 83.6 Å². The first-order chi connectivity index (χ1) is 14.2. The molecule has 8 heteroatoms. The Balaban J connectivity index is 1.23. The number of aryl methyl sites for hydroxylation is 1. The van der Waals surface area contributed by atoms with Crippen LogP contribution in [0.25, 0.3) is 11.0 Å². The molecule has 3 heterocycles. The van der Waals surface area contributed by atoms with Crippen LogP contribution in [0.5, 0.6) is 0 Å². The van der Waals surface area contributed by atoms with Crippen LogP contribution in [0.15, 0.2) is 48.2 Å². The monoisotopic (exact) mass is 409 g/mol. The molecule has 4 aromatic rings. The predicted molar refractivity (Wildman–Crippen MR) is 110 cm³/mol. The number of nitrogens with zero attached hydrogens (tertiary/aromatic N) is 3. The van der Waals surface area contributed by atoms with Gasteiger partial charge in [0.15, 0.2) is 5.78 Å². The summed E-state index contributed by atoms with van der Waals surface area (Å²) in [7, 11) is 0. The summed E-state index contributed by atoms with van der Waals surface area (Å²) in [5.74, 6) is -0.463. The van der Waals surface area contributed by atoms with Gasteiger partial charge >= 0.3 is 0 Å². The van der Waals surface area contributed by atoms with Crippen molar-refractivity contribution < 1.29 is 9.18 Å². The van der Waals surface area contributed by atoms with E-state index >= 15 is 0 Å². The fourth-order valence-electron chi connectivity index (χ4n) is 3.04. The molecule has 1 aromatic carbocycles. The number of benzene rings is 1. The van der Waals surface area contributed by atoms with Crippen molar-refractivity contribution in [2.45, 2.75) is 25.8 Å². The van der Waals surface area contributed by atoms with Gasteiger partial charge in [-0.1, -0.05) is 6.07 Å². The maximum absolute atomic E-state index is 13.6. The van der Waals surface area contributed by atoms with E-state index in [1.54, 1.807) is 11.7 Å². The summed E-state index contributed by atoms with van der Waals surface area (Å²) in [6.45, 7) is 1.52. The highest BCUT2D eigenvalue weighted by atomic mass is 32.1. The molecule has 0 amide bonds. The molecule has 0 saturated carbocycles. The molecule has 2 N–H and O–H groups in total. The summed E-state index contributed by atoms with van der Waals surface area (Å²) >= 11 is 1.48. The van der Waals surface area contributed by atoms with Gasteiger partial charge in [-0.2, -0.15) is 0 Å². The second kappa shape index (κ2) is 9.02. The molecule has 3 aromatic heterocycles. The fourth-order valence-corrected chi connectivity index (χ4v) is 3.84. The lowest BCUT2D eigenvalue weighted by molar-refractivity contribution is 0.0978. The van der Waals surface area contributed by atoms with E-state index in [9.17, 15) is 9.18 Å². The summed E-state index contributed by atoms with van der Waals surface area (Å²) in [6, 6.07) is 9.03. The minimum atomic E-state index is -0.378. The first-order valence-corrected chi connectivity index (χ1v) is 10.3. The van der Waals surface area contributed by atoms with Gasteiger partial charge in [0.25, 0.3) is 0 Å². The lowest BCUT2D eigenvalue weighted by Crippen LogP contribution is -2.16. The van der Waals surface area contributed by atoms with E-state index in [1.807, 2.05) is 6.07 Å². The molecule has 6 nitrogen and oxygen atoms in total. The molecule has 148 valence electrons. The van der Waals surface area contributed by atoms with Gasteiger partial charge in [0, 0.05) is 37.5 Å². The zero-order valence-electron chi connectivity index (χ0n) is 15.7. The first kappa shape index (κ1) is 19.4. The molecule has 29 heavy (non-hydrogen) atoms. The Hall–Kier alpha value is -2.97. The van der Waals surface area contributed by atoms with Crippen LogP contribution in [-0.4, -0.2) is 32.3 Å². The number of H-pyrrole nitrogens is 1. The third-order valence-corrected chi connectivity index (χ3v) is 5.50. The number of carbonyl (C=O) groups is 1. The van der Waals surface area contributed by atoms with Gasteiger partial charge in [-0.3, -0.25) is 9.78 Å². The average molecular weight is 409 g/mol. The van der Waals surface area contributed by atoms with Gasteiger partial charge in [-0.15, -0.1) is 11.3 Å². The summed E-state index contributed by atoms with van der Waals surface area (Å²) < 4.78 is 13.6. The second-order valence-electron chi connectivity index (χ2n) is 6.66. The van der Waals surface area contributed by atoms with E-state index < -0.39 is 0 Å². The van der Waals surface area contributed by atoms with E-state index in [0.29, 0.717) is 11.4 Å². The molecule has 0 radical (unpaired) electrons. The summed E-state index contributed by atoms with van der Waals surface area (Å²) in [4.78, 5) is 28.0. The van der Waals surface area contributed by atoms with Crippen molar-refractivity contribution in [1.29, 1.82) is 0 Å². The van der Waals surface area contributed by atoms with Gasteiger partial charge < -0.3 is 10.3 Å². The van der Waals surface area contributed by atoms with E-state index in [2.05, 4.69) is 37.4 Å². The molecule has 0 spiro atoms. The van der Waals surface area contributed by atoms with Gasteiger partial charge in [0.1, 0.15) is 11.5 Å². The molecular formula is C21H20FN5OS. The van der Waals surface area contributed by atoms with Crippen molar-refractivity contribution in [2.75, 3.05) is 6.54 Å². The maximum atomic E-state index is 13.6. The molecule has 0 fully saturated rings. The second-order valence-corrected chi connectivity index (χ2v) is 7.61. The molecule has 0 aliphatic rings. The van der Waals surface area contributed by atoms with Crippen molar-refractivity contribution in [1.82, 2.24) is 25.3 Å². The van der Waals surface area contributed by atoms with Crippen LogP contribution in [0.3, 0.4) is 0 Å². The van der Waals surface area contributed by atoms with Crippen LogP contribution < -0.4 is 5.32 Å². The Bertz CT molecular complexity index is 1120. The van der Waals surface area contributed by atoms with Crippen LogP contribution in [0.1, 0.15) is 33.2 Å². The van der Waals surface area contributed by atoms with E-state index in [-0.39, 0.29) is 24.4 Å². The van der Waals surface area contributed by atoms with E-state index in [1.165, 1.54) is 35.2 Å². The lowest BCUT2D eigenvalue weighted by Gasteiger charge is -2.04. The molecular weight excluding hydrogens is 389 g/mol. The number of nitrogens with one attached hydrogen (secondary N) is 2. The molecule has 0 aliphatic carbocycles. The Kier molecular flexibility index (Phi) is 6.02. The third-order valence-electron chi connectivity index (χ3n) is 4.59. The average Bonchev–Trinajstić information content (AvgIpc) is 3.39. The van der Waals surface area contributed by atoms with Gasteiger partial charge in [-0.25, -0.2) is 14.4 Å². The number of carbonyl (C=O) groups excluding carboxylic acids is 1. The number of Topliss-reactive ketones (excluding diaryl/α,β-unsaturated/α-hetero) is 1. The highest BCUT2D eigenvalue weighted by Gasteiger charge is 2.13. The van der Waals surface area contributed by atoms with Crippen LogP contribution in [-0.2, 0) is 19.4 Å². The fraction of sp³-hybridized carbons (Fsp3) is 0.238. The van der Waals surface area contributed by atoms with Gasteiger partial charge in [0.05, 0.1) is 28.1 Å². The van der Waals surface area contributed by atoms with Gasteiger partial charge in [0.2, 0.25) is 0 Å². The minimum Gasteiger partial charge on any atom is -0.345 e. The summed E-state index contributed by atoms with van der Waals surface area (Å²) in [5, 5.41) is 6.08. The highest BCUT2D eigenvalue weighted by molar-refractivity contribution is 7.09. The zero-order chi connectivity index (χ0) is 20.1. The number of ketones is 1. The number of aromatic nitrogens is 4. The third kappa shape index (κ3) is 4.90. The molecule has 0 atom stereocenters. The number of fused-ring (bicyclic) bond motifs is 1. The summed E-state index contributed by atoms with van der Waals surface area (Å²) in [6.07, 6.45) is 4.45. The number of rotatable bonds is 9. The predicted octanol–water partition coefficient (Wildman–Crippen LogP) is 3.70. The minimum absolute atomic E-state index is 0.0848. The van der Waals surface area contributed by atoms with Crippen molar-refractivity contribution in [3.05, 3.63) is 76.0 Å². The quantitative estimate of drug-likeness (QED) is 0.325. The van der Waals surface area contributed by atoms with Crippen LogP contribution in [0.2, 0.25) is 0 Å². The SMILES string of the molecule is O=C(CCc1ncccc1F)c1csc(CCNCc2ccc3nc[nH]c3c2)n1. The van der Waals surface area contributed by atoms with E-state index in [0.717, 1.165) is 35.6 Å². The largest absolute Gasteiger partial charge is 0.345 e. The van der Waals surface area contributed by atoms with Crippen molar-refractivity contribution in [3.63, 3.8) is 0 Å². The number of hydrogen-bond donors (Lipinski definition) is 2. The van der Waals surface area contributed by atoms with Crippen molar-refractivity contribution >= 4 is 28.2 Å². The smallest absolute Gasteiger partial charge is 0.182 e. The number of imidazole rings is 1. The molecule has 0 unspecified atom stereocenters. The summed E-state index contributed by atoms with van der Waals surface area (Å²) in [5.41, 5.74) is 3.93. The molecule has 0 aliphatic heterocycles. The Morgan fingerprint density at radius 1 is 1.21 bits per heavy atom. The first-order valence-electron chi connectivity index (χ1n) is 9.39. The Labute approximate surface area is 171 Å². The van der Waals surface area contributed by atoms with E-state index in [4.69, 9.17) is 0 Å². The van der Waals surface area contributed by atoms with Crippen LogP contribution in [0, 0.1) is 5.82 Å². The number of halogens is 1. The zero-order valence-corrected chi connectivity index (χ0v) is 16.5. The number of aromatic amines is 1. The number of pyridine rings is 1. The lowest BCUT2D eigenvalue weighted by atomic mass is 10.1. The molecule has 0 saturated heterocycles. The standard InChI is InChI=1S/C21H20FN5OS/c22-15-2-1-8-24-16(15)5-6-20(28)19-12-29-21(27-19)7-9-23-11-14-3-4-17-18(10-14)26-13-25-17/h1-4,8,10,12-13,23H,5-7,9,11H2,(H,25,26). The normalized spacial score (nSPS) is 11.2. The van der Waals surface area contributed by atoms with Crippen molar-refractivity contribution in [2.24, 2.45) is 0 Å². The molecule has 4 rings (SSSR count). The maximum Gasteiger partial charge on any atom is 0.182 e. The van der Waals surface area contributed by atoms with Crippen LogP contribution >= 0.6 is 11.3 Å². The number of hydrogen-bond acceptors (Lipinski definition) is 6. The molecule has 0 bridgehead atoms. The Morgan fingerprint density at radius 2 is 2.14 bits per heavy atom. The Morgan fingerprint density at radius 3 is 3.03 bits per heavy atom. The van der Waals surface area contributed by atoms with Crippen LogP contribution in [0.4, 0.5) is 4.39 Å². The number of thiazole rings is 1. The highest BCUT2D eigenvalue weighted by Crippen LogP contribution is 2.15. The van der Waals surface area contributed by atoms with Crippen molar-refractivity contribution in [3.8, 4) is 0 Å².